The van der Waals surface area contributed by atoms with Crippen molar-refractivity contribution in [2.75, 3.05) is 0 Å². The van der Waals surface area contributed by atoms with Crippen LogP contribution in [-0.4, -0.2) is 27.7 Å². The van der Waals surface area contributed by atoms with E-state index in [4.69, 9.17) is 5.11 Å². The van der Waals surface area contributed by atoms with E-state index in [9.17, 15) is 9.59 Å². The molecule has 1 aromatic heterocycles. The molecule has 0 aliphatic heterocycles. The Bertz CT molecular complexity index is 696. The van der Waals surface area contributed by atoms with Crippen molar-refractivity contribution in [1.29, 1.82) is 0 Å². The molecule has 106 valence electrons. The second kappa shape index (κ2) is 6.42. The minimum absolute atomic E-state index is 0.136. The van der Waals surface area contributed by atoms with E-state index in [-0.39, 0.29) is 11.5 Å². The molecule has 1 aromatic carbocycles. The molecule has 2 N–H and O–H groups in total. The number of carbonyl (C=O) groups is 2. The van der Waals surface area contributed by atoms with Gasteiger partial charge in [-0.25, -0.2) is 10.2 Å². The molecule has 1 amide bonds. The zero-order valence-electron chi connectivity index (χ0n) is 11.3. The Balaban J connectivity index is 2.19. The highest BCUT2D eigenvalue weighted by Gasteiger charge is 2.11. The van der Waals surface area contributed by atoms with Crippen molar-refractivity contribution < 1.29 is 14.7 Å². The van der Waals surface area contributed by atoms with E-state index in [0.717, 1.165) is 0 Å². The van der Waals surface area contributed by atoms with Gasteiger partial charge in [0.1, 0.15) is 0 Å². The molecular formula is C15H13N3O3. The maximum Gasteiger partial charge on any atom is 0.336 e. The average molecular weight is 283 g/mol. The van der Waals surface area contributed by atoms with Crippen LogP contribution in [0, 0.1) is 0 Å². The summed E-state index contributed by atoms with van der Waals surface area (Å²) in [7, 11) is 0. The number of amides is 1. The van der Waals surface area contributed by atoms with Crippen LogP contribution in [0.15, 0.2) is 53.9 Å². The van der Waals surface area contributed by atoms with Gasteiger partial charge in [0, 0.05) is 23.5 Å². The monoisotopic (exact) mass is 283 g/mol. The molecule has 0 aliphatic rings. The molecule has 0 unspecified atom stereocenters. The van der Waals surface area contributed by atoms with Gasteiger partial charge < -0.3 is 5.11 Å². The quantitative estimate of drug-likeness (QED) is 0.662. The van der Waals surface area contributed by atoms with Crippen LogP contribution < -0.4 is 5.43 Å². The van der Waals surface area contributed by atoms with Crippen LogP contribution >= 0.6 is 0 Å². The van der Waals surface area contributed by atoms with Gasteiger partial charge in [-0.2, -0.15) is 5.10 Å². The van der Waals surface area contributed by atoms with Gasteiger partial charge in [-0.3, -0.25) is 9.78 Å². The molecule has 2 rings (SSSR count). The molecule has 6 nitrogen and oxygen atoms in total. The first kappa shape index (κ1) is 14.4. The topological polar surface area (TPSA) is 91.7 Å². The van der Waals surface area contributed by atoms with Gasteiger partial charge in [0.25, 0.3) is 5.91 Å². The molecule has 0 bridgehead atoms. The first-order chi connectivity index (χ1) is 10.1. The lowest BCUT2D eigenvalue weighted by atomic mass is 10.0. The van der Waals surface area contributed by atoms with E-state index in [0.29, 0.717) is 16.8 Å². The Labute approximate surface area is 121 Å². The number of carbonyl (C=O) groups excluding carboxylic acids is 1. The van der Waals surface area contributed by atoms with Crippen molar-refractivity contribution in [3.05, 3.63) is 65.5 Å². The van der Waals surface area contributed by atoms with Crippen LogP contribution in [0.3, 0.4) is 0 Å². The van der Waals surface area contributed by atoms with E-state index >= 15 is 0 Å². The summed E-state index contributed by atoms with van der Waals surface area (Å²) < 4.78 is 0. The van der Waals surface area contributed by atoms with Crippen LogP contribution in [0.5, 0.6) is 0 Å². The number of pyridine rings is 1. The fourth-order valence-corrected chi connectivity index (χ4v) is 1.75. The number of hydrogen-bond donors (Lipinski definition) is 2. The zero-order chi connectivity index (χ0) is 15.2. The molecule has 0 saturated heterocycles. The molecule has 0 spiro atoms. The van der Waals surface area contributed by atoms with Crippen LogP contribution in [0.25, 0.3) is 0 Å². The molecule has 0 fully saturated rings. The van der Waals surface area contributed by atoms with E-state index in [2.05, 4.69) is 15.5 Å². The highest BCUT2D eigenvalue weighted by Crippen LogP contribution is 2.10. The summed E-state index contributed by atoms with van der Waals surface area (Å²) in [4.78, 5) is 26.8. The third kappa shape index (κ3) is 3.50. The molecule has 0 aliphatic carbocycles. The number of hydrazone groups is 1. The standard InChI is InChI=1S/C15H13N3O3/c1-10(12-4-2-3-5-13(12)15(20)21)17-18-14(19)11-6-8-16-9-7-11/h2-9H,1H3,(H,18,19)(H,20,21)/b17-10-. The normalized spacial score (nSPS) is 11.0. The fourth-order valence-electron chi connectivity index (χ4n) is 1.75. The lowest BCUT2D eigenvalue weighted by Gasteiger charge is -2.06. The van der Waals surface area contributed by atoms with E-state index in [1.165, 1.54) is 18.5 Å². The van der Waals surface area contributed by atoms with Crippen molar-refractivity contribution in [2.24, 2.45) is 5.10 Å². The maximum atomic E-state index is 11.8. The Morgan fingerprint density at radius 2 is 1.71 bits per heavy atom. The van der Waals surface area contributed by atoms with Crippen molar-refractivity contribution in [1.82, 2.24) is 10.4 Å². The van der Waals surface area contributed by atoms with Crippen LogP contribution in [-0.2, 0) is 0 Å². The second-order valence-corrected chi connectivity index (χ2v) is 4.22. The summed E-state index contributed by atoms with van der Waals surface area (Å²) in [6.07, 6.45) is 3.01. The lowest BCUT2D eigenvalue weighted by molar-refractivity contribution is 0.0696. The van der Waals surface area contributed by atoms with Gasteiger partial charge in [-0.05, 0) is 25.1 Å². The number of nitrogens with zero attached hydrogens (tertiary/aromatic N) is 2. The van der Waals surface area contributed by atoms with E-state index < -0.39 is 5.97 Å². The molecule has 0 saturated carbocycles. The minimum Gasteiger partial charge on any atom is -0.478 e. The SMILES string of the molecule is C/C(=N/NC(=O)c1ccncc1)c1ccccc1C(=O)O. The summed E-state index contributed by atoms with van der Waals surface area (Å²) >= 11 is 0. The number of benzene rings is 1. The molecule has 0 radical (unpaired) electrons. The Morgan fingerprint density at radius 1 is 1.10 bits per heavy atom. The predicted molar refractivity (Wildman–Crippen MR) is 77.3 cm³/mol. The number of aromatic carboxylic acids is 1. The third-order valence-corrected chi connectivity index (χ3v) is 2.81. The highest BCUT2D eigenvalue weighted by atomic mass is 16.4. The summed E-state index contributed by atoms with van der Waals surface area (Å²) in [5.41, 5.74) is 3.82. The Morgan fingerprint density at radius 3 is 2.33 bits per heavy atom. The molecule has 2 aromatic rings. The van der Waals surface area contributed by atoms with Gasteiger partial charge in [0.2, 0.25) is 0 Å². The predicted octanol–water partition coefficient (Wildman–Crippen LogP) is 1.93. The van der Waals surface area contributed by atoms with Gasteiger partial charge >= 0.3 is 5.97 Å². The number of hydrogen-bond acceptors (Lipinski definition) is 4. The molecular weight excluding hydrogens is 270 g/mol. The van der Waals surface area contributed by atoms with E-state index in [1.807, 2.05) is 0 Å². The fraction of sp³-hybridized carbons (Fsp3) is 0.0667. The lowest BCUT2D eigenvalue weighted by Crippen LogP contribution is -2.20. The first-order valence-corrected chi connectivity index (χ1v) is 6.17. The minimum atomic E-state index is -1.04. The molecule has 0 atom stereocenters. The van der Waals surface area contributed by atoms with E-state index in [1.54, 1.807) is 37.3 Å². The highest BCUT2D eigenvalue weighted by molar-refractivity contribution is 6.08. The number of carboxylic acid groups (broad SMARTS) is 1. The number of carboxylic acids is 1. The average Bonchev–Trinajstić information content (AvgIpc) is 2.53. The van der Waals surface area contributed by atoms with Gasteiger partial charge in [0.05, 0.1) is 11.3 Å². The molecule has 21 heavy (non-hydrogen) atoms. The largest absolute Gasteiger partial charge is 0.478 e. The molecule has 6 heteroatoms. The summed E-state index contributed by atoms with van der Waals surface area (Å²) in [5, 5.41) is 13.1. The van der Waals surface area contributed by atoms with Crippen LogP contribution in [0.1, 0.15) is 33.2 Å². The van der Waals surface area contributed by atoms with Gasteiger partial charge in [0.15, 0.2) is 0 Å². The van der Waals surface area contributed by atoms with Crippen LogP contribution in [0.2, 0.25) is 0 Å². The first-order valence-electron chi connectivity index (χ1n) is 6.17. The number of rotatable bonds is 4. The summed E-state index contributed by atoms with van der Waals surface area (Å²) in [5.74, 6) is -1.43. The smallest absolute Gasteiger partial charge is 0.336 e. The summed E-state index contributed by atoms with van der Waals surface area (Å²) in [6.45, 7) is 1.63. The Kier molecular flexibility index (Phi) is 4.40. The van der Waals surface area contributed by atoms with Crippen molar-refractivity contribution in [2.45, 2.75) is 6.92 Å². The second-order valence-electron chi connectivity index (χ2n) is 4.22. The van der Waals surface area contributed by atoms with Gasteiger partial charge in [-0.1, -0.05) is 18.2 Å². The Hall–Kier alpha value is -3.02. The zero-order valence-corrected chi connectivity index (χ0v) is 11.3. The molecule has 1 heterocycles. The maximum absolute atomic E-state index is 11.8. The number of aromatic nitrogens is 1. The van der Waals surface area contributed by atoms with Crippen LogP contribution in [0.4, 0.5) is 0 Å². The van der Waals surface area contributed by atoms with Crippen molar-refractivity contribution in [3.8, 4) is 0 Å². The van der Waals surface area contributed by atoms with Gasteiger partial charge in [-0.15, -0.1) is 0 Å². The van der Waals surface area contributed by atoms with Crippen molar-refractivity contribution in [3.63, 3.8) is 0 Å². The third-order valence-electron chi connectivity index (χ3n) is 2.81. The van der Waals surface area contributed by atoms with Crippen molar-refractivity contribution >= 4 is 17.6 Å². The summed E-state index contributed by atoms with van der Waals surface area (Å²) in [6, 6.07) is 9.60. The number of nitrogens with one attached hydrogen (secondary N) is 1.